The van der Waals surface area contributed by atoms with Crippen LogP contribution in [0.4, 0.5) is 0 Å². The molecule has 2 aromatic carbocycles. The number of hydroxylamine groups is 1. The molecule has 0 aliphatic rings. The topological polar surface area (TPSA) is 151 Å². The van der Waals surface area contributed by atoms with Crippen molar-refractivity contribution in [3.05, 3.63) is 59.2 Å². The zero-order chi connectivity index (χ0) is 19.1. The molecule has 0 spiro atoms. The van der Waals surface area contributed by atoms with E-state index in [0.29, 0.717) is 11.1 Å². The number of hydrazone groups is 1. The van der Waals surface area contributed by atoms with E-state index in [9.17, 15) is 24.9 Å². The molecule has 134 valence electrons. The summed E-state index contributed by atoms with van der Waals surface area (Å²) in [5, 5.41) is 40.3. The molecule has 9 heteroatoms. The maximum atomic E-state index is 12.0. The first-order valence-electron chi connectivity index (χ1n) is 7.22. The van der Waals surface area contributed by atoms with Crippen LogP contribution < -0.4 is 10.9 Å². The average molecular weight is 357 g/mol. The molecular formula is C17H15N3O6. The molecule has 2 rings (SSSR count). The molecule has 0 aliphatic carbocycles. The monoisotopic (exact) mass is 357 g/mol. The van der Waals surface area contributed by atoms with Gasteiger partial charge in [0.15, 0.2) is 11.5 Å². The molecule has 9 nitrogen and oxygen atoms in total. The lowest BCUT2D eigenvalue weighted by Crippen LogP contribution is -2.17. The Kier molecular flexibility index (Phi) is 5.91. The number of carbonyl (C=O) groups is 2. The van der Waals surface area contributed by atoms with Gasteiger partial charge in [0.05, 0.1) is 6.21 Å². The SMILES string of the molecule is O=C(/C=C/c1ccc(C(=O)NN=Cc2ccc(O)c(O)c2O)cc1)NO. The van der Waals surface area contributed by atoms with Crippen LogP contribution in [0, 0.1) is 0 Å². The van der Waals surface area contributed by atoms with Gasteiger partial charge in [-0.3, -0.25) is 14.8 Å². The fourth-order valence-electron chi connectivity index (χ4n) is 1.87. The molecule has 0 heterocycles. The Bertz CT molecular complexity index is 875. The Labute approximate surface area is 147 Å². The minimum absolute atomic E-state index is 0.100. The molecule has 2 aromatic rings. The van der Waals surface area contributed by atoms with Gasteiger partial charge in [-0.25, -0.2) is 10.9 Å². The molecular weight excluding hydrogens is 342 g/mol. The first-order valence-corrected chi connectivity index (χ1v) is 7.22. The minimum Gasteiger partial charge on any atom is -0.504 e. The first-order chi connectivity index (χ1) is 12.4. The van der Waals surface area contributed by atoms with E-state index in [0.717, 1.165) is 12.3 Å². The second kappa shape index (κ2) is 8.31. The smallest absolute Gasteiger partial charge is 0.271 e. The van der Waals surface area contributed by atoms with Crippen LogP contribution in [0.1, 0.15) is 21.5 Å². The minimum atomic E-state index is -0.682. The number of carbonyl (C=O) groups excluding carboxylic acids is 2. The number of amides is 2. The summed E-state index contributed by atoms with van der Waals surface area (Å²) in [5.41, 5.74) is 4.74. The second-order valence-corrected chi connectivity index (χ2v) is 5.00. The van der Waals surface area contributed by atoms with Crippen molar-refractivity contribution in [2.75, 3.05) is 0 Å². The van der Waals surface area contributed by atoms with E-state index >= 15 is 0 Å². The summed E-state index contributed by atoms with van der Waals surface area (Å²) < 4.78 is 0. The van der Waals surface area contributed by atoms with E-state index in [4.69, 9.17) is 5.21 Å². The molecule has 0 bridgehead atoms. The van der Waals surface area contributed by atoms with Crippen LogP contribution in [0.2, 0.25) is 0 Å². The van der Waals surface area contributed by atoms with Crippen molar-refractivity contribution in [2.45, 2.75) is 0 Å². The highest BCUT2D eigenvalue weighted by atomic mass is 16.5. The Morgan fingerprint density at radius 3 is 2.31 bits per heavy atom. The Hall–Kier alpha value is -3.85. The van der Waals surface area contributed by atoms with Crippen molar-refractivity contribution < 1.29 is 30.1 Å². The standard InChI is InChI=1S/C17H15N3O6/c21-13-7-6-12(15(23)16(13)24)9-18-19-17(25)11-4-1-10(2-5-11)3-8-14(22)20-26/h1-9,21,23-24,26H,(H,19,25)(H,20,22)/b8-3+,18-9?. The first kappa shape index (κ1) is 18.5. The summed E-state index contributed by atoms with van der Waals surface area (Å²) in [4.78, 5) is 22.9. The molecule has 6 N–H and O–H groups in total. The number of nitrogens with one attached hydrogen (secondary N) is 2. The molecule has 0 atom stereocenters. The van der Waals surface area contributed by atoms with Gasteiger partial charge in [-0.15, -0.1) is 0 Å². The molecule has 0 radical (unpaired) electrons. The number of rotatable bonds is 5. The zero-order valence-electron chi connectivity index (χ0n) is 13.2. The van der Waals surface area contributed by atoms with Crippen molar-refractivity contribution in [3.8, 4) is 17.2 Å². The quantitative estimate of drug-likeness (QED) is 0.155. The van der Waals surface area contributed by atoms with Crippen LogP contribution in [0.25, 0.3) is 6.08 Å². The van der Waals surface area contributed by atoms with Crippen molar-refractivity contribution in [2.24, 2.45) is 5.10 Å². The molecule has 0 aromatic heterocycles. The summed E-state index contributed by atoms with van der Waals surface area (Å²) >= 11 is 0. The number of hydrogen-bond donors (Lipinski definition) is 6. The normalized spacial score (nSPS) is 11.0. The Morgan fingerprint density at radius 2 is 1.65 bits per heavy atom. The summed E-state index contributed by atoms with van der Waals surface area (Å²) in [6.07, 6.45) is 3.68. The summed E-state index contributed by atoms with van der Waals surface area (Å²) in [7, 11) is 0. The van der Waals surface area contributed by atoms with E-state index in [1.807, 2.05) is 0 Å². The van der Waals surface area contributed by atoms with Crippen molar-refractivity contribution in [1.82, 2.24) is 10.9 Å². The molecule has 0 saturated heterocycles. The number of nitrogens with zero attached hydrogens (tertiary/aromatic N) is 1. The highest BCUT2D eigenvalue weighted by Crippen LogP contribution is 2.36. The lowest BCUT2D eigenvalue weighted by atomic mass is 10.1. The maximum Gasteiger partial charge on any atom is 0.271 e. The van der Waals surface area contributed by atoms with Gasteiger partial charge >= 0.3 is 0 Å². The van der Waals surface area contributed by atoms with Gasteiger partial charge in [0.1, 0.15) is 0 Å². The zero-order valence-corrected chi connectivity index (χ0v) is 13.2. The number of phenolic OH excluding ortho intramolecular Hbond substituents is 3. The van der Waals surface area contributed by atoms with Crippen LogP contribution in [0.5, 0.6) is 17.2 Å². The van der Waals surface area contributed by atoms with E-state index in [1.165, 1.54) is 35.8 Å². The van der Waals surface area contributed by atoms with Gasteiger partial charge < -0.3 is 15.3 Å². The third-order valence-electron chi connectivity index (χ3n) is 3.24. The number of hydrogen-bond acceptors (Lipinski definition) is 7. The van der Waals surface area contributed by atoms with E-state index < -0.39 is 29.1 Å². The lowest BCUT2D eigenvalue weighted by molar-refractivity contribution is -0.124. The van der Waals surface area contributed by atoms with Crippen molar-refractivity contribution >= 4 is 24.1 Å². The van der Waals surface area contributed by atoms with Crippen LogP contribution in [0.3, 0.4) is 0 Å². The number of benzene rings is 2. The van der Waals surface area contributed by atoms with Gasteiger partial charge in [0.2, 0.25) is 5.75 Å². The highest BCUT2D eigenvalue weighted by Gasteiger charge is 2.09. The summed E-state index contributed by atoms with van der Waals surface area (Å²) in [6, 6.07) is 8.66. The van der Waals surface area contributed by atoms with Gasteiger partial charge in [-0.2, -0.15) is 5.10 Å². The predicted octanol–water partition coefficient (Wildman–Crippen LogP) is 1.09. The van der Waals surface area contributed by atoms with Crippen LogP contribution in [0.15, 0.2) is 47.6 Å². The van der Waals surface area contributed by atoms with Crippen LogP contribution in [-0.2, 0) is 4.79 Å². The van der Waals surface area contributed by atoms with Gasteiger partial charge in [0, 0.05) is 17.2 Å². The Balaban J connectivity index is 2.01. The molecule has 0 fully saturated rings. The molecule has 2 amide bonds. The molecule has 26 heavy (non-hydrogen) atoms. The molecule has 0 saturated carbocycles. The van der Waals surface area contributed by atoms with Gasteiger partial charge in [-0.05, 0) is 35.9 Å². The molecule has 0 aliphatic heterocycles. The third-order valence-corrected chi connectivity index (χ3v) is 3.24. The average Bonchev–Trinajstić information content (AvgIpc) is 2.66. The second-order valence-electron chi connectivity index (χ2n) is 5.00. The van der Waals surface area contributed by atoms with Gasteiger partial charge in [0.25, 0.3) is 11.8 Å². The summed E-state index contributed by atoms with van der Waals surface area (Å²) in [5.74, 6) is -2.92. The fourth-order valence-corrected chi connectivity index (χ4v) is 1.87. The van der Waals surface area contributed by atoms with Crippen LogP contribution in [-0.4, -0.2) is 38.6 Å². The predicted molar refractivity (Wildman–Crippen MR) is 91.9 cm³/mol. The highest BCUT2D eigenvalue weighted by molar-refractivity contribution is 5.95. The molecule has 0 unspecified atom stereocenters. The van der Waals surface area contributed by atoms with E-state index in [-0.39, 0.29) is 5.56 Å². The maximum absolute atomic E-state index is 12.0. The van der Waals surface area contributed by atoms with Gasteiger partial charge in [-0.1, -0.05) is 12.1 Å². The largest absolute Gasteiger partial charge is 0.504 e. The van der Waals surface area contributed by atoms with E-state index in [2.05, 4.69) is 10.5 Å². The van der Waals surface area contributed by atoms with Crippen molar-refractivity contribution in [3.63, 3.8) is 0 Å². The third kappa shape index (κ3) is 4.58. The number of phenols is 3. The Morgan fingerprint density at radius 1 is 0.962 bits per heavy atom. The fraction of sp³-hybridized carbons (Fsp3) is 0. The summed E-state index contributed by atoms with van der Waals surface area (Å²) in [6.45, 7) is 0. The number of aromatic hydroxyl groups is 3. The van der Waals surface area contributed by atoms with Crippen LogP contribution >= 0.6 is 0 Å². The van der Waals surface area contributed by atoms with E-state index in [1.54, 1.807) is 12.1 Å². The lowest BCUT2D eigenvalue weighted by Gasteiger charge is -2.04. The van der Waals surface area contributed by atoms with Crippen molar-refractivity contribution in [1.29, 1.82) is 0 Å².